The van der Waals surface area contributed by atoms with Crippen LogP contribution in [0.25, 0.3) is 0 Å². The van der Waals surface area contributed by atoms with E-state index in [0.717, 1.165) is 6.07 Å². The SMILES string of the molecule is C[C@H](NS(=O)(=O)c1cccc(Cl)c1)C(=O)OCC(=O)Nc1ccccc1F. The Bertz CT molecular complexity index is 952. The summed E-state index contributed by atoms with van der Waals surface area (Å²) in [5, 5.41) is 2.46. The van der Waals surface area contributed by atoms with Crippen LogP contribution in [0.3, 0.4) is 0 Å². The number of ether oxygens (including phenoxy) is 1. The molecule has 0 spiro atoms. The molecule has 1 amide bonds. The van der Waals surface area contributed by atoms with Gasteiger partial charge in [-0.15, -0.1) is 0 Å². The van der Waals surface area contributed by atoms with Crippen LogP contribution < -0.4 is 10.0 Å². The summed E-state index contributed by atoms with van der Waals surface area (Å²) in [5.74, 6) is -2.37. The van der Waals surface area contributed by atoms with Gasteiger partial charge in [0.1, 0.15) is 11.9 Å². The van der Waals surface area contributed by atoms with Gasteiger partial charge in [0.05, 0.1) is 10.6 Å². The van der Waals surface area contributed by atoms with Crippen LogP contribution in [-0.4, -0.2) is 32.9 Å². The molecule has 0 saturated carbocycles. The van der Waals surface area contributed by atoms with Crippen LogP contribution in [0.2, 0.25) is 5.02 Å². The molecule has 0 aliphatic carbocycles. The van der Waals surface area contributed by atoms with E-state index in [4.69, 9.17) is 16.3 Å². The second-order valence-electron chi connectivity index (χ2n) is 5.44. The molecule has 2 aromatic carbocycles. The van der Waals surface area contributed by atoms with Crippen molar-refractivity contribution >= 4 is 39.2 Å². The molecule has 27 heavy (non-hydrogen) atoms. The number of para-hydroxylation sites is 1. The average molecular weight is 415 g/mol. The molecular formula is C17H16ClFN2O5S. The first kappa shape index (κ1) is 20.8. The molecule has 144 valence electrons. The van der Waals surface area contributed by atoms with Gasteiger partial charge < -0.3 is 10.1 Å². The Morgan fingerprint density at radius 3 is 2.56 bits per heavy atom. The van der Waals surface area contributed by atoms with E-state index in [1.165, 1.54) is 49.4 Å². The minimum atomic E-state index is -4.01. The summed E-state index contributed by atoms with van der Waals surface area (Å²) in [7, 11) is -4.01. The number of nitrogens with one attached hydrogen (secondary N) is 2. The highest BCUT2D eigenvalue weighted by atomic mass is 35.5. The fourth-order valence-electron chi connectivity index (χ4n) is 1.99. The molecule has 2 rings (SSSR count). The van der Waals surface area contributed by atoms with E-state index in [-0.39, 0.29) is 15.6 Å². The molecule has 0 unspecified atom stereocenters. The van der Waals surface area contributed by atoms with Crippen molar-refractivity contribution in [3.8, 4) is 0 Å². The third-order valence-electron chi connectivity index (χ3n) is 3.29. The van der Waals surface area contributed by atoms with Gasteiger partial charge in [-0.05, 0) is 37.3 Å². The highest BCUT2D eigenvalue weighted by Gasteiger charge is 2.24. The van der Waals surface area contributed by atoms with Crippen molar-refractivity contribution in [3.63, 3.8) is 0 Å². The van der Waals surface area contributed by atoms with Crippen LogP contribution in [0.1, 0.15) is 6.92 Å². The van der Waals surface area contributed by atoms with Gasteiger partial charge in [-0.1, -0.05) is 29.8 Å². The van der Waals surface area contributed by atoms with Crippen molar-refractivity contribution in [2.75, 3.05) is 11.9 Å². The first-order chi connectivity index (χ1) is 12.7. The first-order valence-electron chi connectivity index (χ1n) is 7.68. The number of esters is 1. The lowest BCUT2D eigenvalue weighted by Crippen LogP contribution is -2.40. The van der Waals surface area contributed by atoms with Crippen molar-refractivity contribution in [1.82, 2.24) is 4.72 Å². The first-order valence-corrected chi connectivity index (χ1v) is 9.54. The molecule has 0 fully saturated rings. The summed E-state index contributed by atoms with van der Waals surface area (Å²) in [6, 6.07) is 9.73. The van der Waals surface area contributed by atoms with Crippen molar-refractivity contribution in [1.29, 1.82) is 0 Å². The van der Waals surface area contributed by atoms with Gasteiger partial charge in [-0.25, -0.2) is 12.8 Å². The molecule has 1 atom stereocenters. The van der Waals surface area contributed by atoms with Crippen LogP contribution >= 0.6 is 11.6 Å². The number of carbonyl (C=O) groups excluding carboxylic acids is 2. The lowest BCUT2D eigenvalue weighted by Gasteiger charge is -2.14. The van der Waals surface area contributed by atoms with E-state index in [1.807, 2.05) is 0 Å². The van der Waals surface area contributed by atoms with Crippen LogP contribution in [0, 0.1) is 5.82 Å². The summed E-state index contributed by atoms with van der Waals surface area (Å²) < 4.78 is 44.8. The predicted octanol–water partition coefficient (Wildman–Crippen LogP) is 2.33. The highest BCUT2D eigenvalue weighted by molar-refractivity contribution is 7.89. The van der Waals surface area contributed by atoms with Crippen molar-refractivity contribution in [2.45, 2.75) is 17.9 Å². The van der Waals surface area contributed by atoms with Crippen LogP contribution in [0.4, 0.5) is 10.1 Å². The molecule has 2 aromatic rings. The molecule has 0 radical (unpaired) electrons. The van der Waals surface area contributed by atoms with Crippen LogP contribution in [-0.2, 0) is 24.3 Å². The molecule has 7 nitrogen and oxygen atoms in total. The van der Waals surface area contributed by atoms with Gasteiger partial charge in [-0.2, -0.15) is 4.72 Å². The zero-order valence-corrected chi connectivity index (χ0v) is 15.7. The molecule has 0 aliphatic rings. The number of carbonyl (C=O) groups is 2. The fraction of sp³-hybridized carbons (Fsp3) is 0.176. The maximum Gasteiger partial charge on any atom is 0.324 e. The van der Waals surface area contributed by atoms with Gasteiger partial charge in [0.15, 0.2) is 6.61 Å². The highest BCUT2D eigenvalue weighted by Crippen LogP contribution is 2.16. The average Bonchev–Trinajstić information content (AvgIpc) is 2.61. The summed E-state index contributed by atoms with van der Waals surface area (Å²) in [4.78, 5) is 23.5. The van der Waals surface area contributed by atoms with Gasteiger partial charge >= 0.3 is 5.97 Å². The Morgan fingerprint density at radius 1 is 1.19 bits per heavy atom. The van der Waals surface area contributed by atoms with Crippen LogP contribution in [0.15, 0.2) is 53.4 Å². The largest absolute Gasteiger partial charge is 0.454 e. The van der Waals surface area contributed by atoms with E-state index < -0.39 is 40.4 Å². The number of amides is 1. The second-order valence-corrected chi connectivity index (χ2v) is 7.59. The number of anilines is 1. The lowest BCUT2D eigenvalue weighted by molar-refractivity contribution is -0.148. The smallest absolute Gasteiger partial charge is 0.324 e. The van der Waals surface area contributed by atoms with E-state index in [0.29, 0.717) is 0 Å². The number of rotatable bonds is 7. The van der Waals surface area contributed by atoms with E-state index >= 15 is 0 Å². The molecule has 2 N–H and O–H groups in total. The summed E-state index contributed by atoms with van der Waals surface area (Å²) >= 11 is 5.76. The Morgan fingerprint density at radius 2 is 1.89 bits per heavy atom. The lowest BCUT2D eigenvalue weighted by atomic mass is 10.3. The van der Waals surface area contributed by atoms with Gasteiger partial charge in [0, 0.05) is 5.02 Å². The standard InChI is InChI=1S/C17H16ClFN2O5S/c1-11(21-27(24,25)13-6-4-5-12(18)9-13)17(23)26-10-16(22)20-15-8-3-2-7-14(15)19/h2-9,11,21H,10H2,1H3,(H,20,22)/t11-/m0/s1. The zero-order valence-electron chi connectivity index (χ0n) is 14.1. The monoisotopic (exact) mass is 414 g/mol. The zero-order chi connectivity index (χ0) is 20.0. The molecular weight excluding hydrogens is 399 g/mol. The van der Waals surface area contributed by atoms with Gasteiger partial charge in [0.2, 0.25) is 10.0 Å². The number of benzene rings is 2. The van der Waals surface area contributed by atoms with E-state index in [9.17, 15) is 22.4 Å². The Kier molecular flexibility index (Phi) is 6.89. The number of hydrogen-bond acceptors (Lipinski definition) is 5. The van der Waals surface area contributed by atoms with Crippen molar-refractivity contribution in [2.24, 2.45) is 0 Å². The quantitative estimate of drug-likeness (QED) is 0.677. The summed E-state index contributed by atoms with van der Waals surface area (Å²) in [5.41, 5.74) is -0.0618. The Hall–Kier alpha value is -2.49. The molecule has 0 bridgehead atoms. The molecule has 0 saturated heterocycles. The van der Waals surface area contributed by atoms with E-state index in [2.05, 4.69) is 10.0 Å². The fourth-order valence-corrected chi connectivity index (χ4v) is 3.49. The number of sulfonamides is 1. The van der Waals surface area contributed by atoms with Crippen molar-refractivity contribution in [3.05, 3.63) is 59.4 Å². The van der Waals surface area contributed by atoms with Gasteiger partial charge in [-0.3, -0.25) is 9.59 Å². The Labute approximate surface area is 160 Å². The normalized spacial score (nSPS) is 12.3. The predicted molar refractivity (Wildman–Crippen MR) is 97.2 cm³/mol. The summed E-state index contributed by atoms with van der Waals surface area (Å²) in [6.45, 7) is 0.565. The molecule has 0 heterocycles. The van der Waals surface area contributed by atoms with Crippen molar-refractivity contribution < 1.29 is 27.1 Å². The Balaban J connectivity index is 1.90. The summed E-state index contributed by atoms with van der Waals surface area (Å²) in [6.07, 6.45) is 0. The number of halogens is 2. The third kappa shape index (κ3) is 6.02. The molecule has 0 aliphatic heterocycles. The molecule has 10 heteroatoms. The third-order valence-corrected chi connectivity index (χ3v) is 5.06. The second kappa shape index (κ2) is 8.94. The maximum absolute atomic E-state index is 13.4. The maximum atomic E-state index is 13.4. The molecule has 0 aromatic heterocycles. The minimum absolute atomic E-state index is 0.0618. The number of hydrogen-bond donors (Lipinski definition) is 2. The topological polar surface area (TPSA) is 102 Å². The van der Waals surface area contributed by atoms with Crippen LogP contribution in [0.5, 0.6) is 0 Å². The minimum Gasteiger partial charge on any atom is -0.454 e. The van der Waals surface area contributed by atoms with Gasteiger partial charge in [0.25, 0.3) is 5.91 Å². The van der Waals surface area contributed by atoms with E-state index in [1.54, 1.807) is 0 Å².